The molecule has 1 aromatic carbocycles. The molecule has 0 fully saturated rings. The molecule has 0 aliphatic rings. The number of nitrogens with two attached hydrogens (primary N) is 1. The van der Waals surface area contributed by atoms with Gasteiger partial charge < -0.3 is 10.5 Å². The van der Waals surface area contributed by atoms with Gasteiger partial charge in [0.05, 0.1) is 22.8 Å². The summed E-state index contributed by atoms with van der Waals surface area (Å²) in [5, 5.41) is 0. The largest absolute Gasteiger partial charge is 0.489 e. The predicted molar refractivity (Wildman–Crippen MR) is 80.1 cm³/mol. The summed E-state index contributed by atoms with van der Waals surface area (Å²) in [5.74, 6) is 0.276. The number of hydrogen-bond acceptors (Lipinski definition) is 3. The van der Waals surface area contributed by atoms with E-state index in [1.807, 2.05) is 13.8 Å². The van der Waals surface area contributed by atoms with Gasteiger partial charge >= 0.3 is 0 Å². The molecule has 0 amide bonds. The highest BCUT2D eigenvalue weighted by Crippen LogP contribution is 2.27. The molecule has 1 aromatic heterocycles. The molecule has 2 rings (SSSR count). The minimum atomic E-state index is -0.587. The van der Waals surface area contributed by atoms with Crippen LogP contribution in [0.4, 0.5) is 4.39 Å². The van der Waals surface area contributed by atoms with Gasteiger partial charge in [0.2, 0.25) is 0 Å². The fraction of sp³-hybridized carbons (Fsp3) is 0.267. The van der Waals surface area contributed by atoms with Gasteiger partial charge in [0.25, 0.3) is 0 Å². The Labute approximate surface area is 126 Å². The van der Waals surface area contributed by atoms with Crippen LogP contribution in [0.2, 0.25) is 0 Å². The summed E-state index contributed by atoms with van der Waals surface area (Å²) in [6.45, 7) is 3.86. The molecule has 0 aliphatic heterocycles. The molecule has 0 saturated heterocycles. The highest BCUT2D eigenvalue weighted by atomic mass is 79.9. The number of rotatable bonds is 4. The molecule has 0 radical (unpaired) electrons. The monoisotopic (exact) mass is 338 g/mol. The lowest BCUT2D eigenvalue weighted by Gasteiger charge is -2.16. The van der Waals surface area contributed by atoms with E-state index in [9.17, 15) is 4.39 Å². The SMILES string of the molecule is CC(C)Oc1cncc(C(N)c2cccc(Br)c2F)c1. The molecule has 3 nitrogen and oxygen atoms in total. The van der Waals surface area contributed by atoms with Crippen LogP contribution in [0, 0.1) is 5.82 Å². The van der Waals surface area contributed by atoms with Crippen LogP contribution in [-0.4, -0.2) is 11.1 Å². The van der Waals surface area contributed by atoms with Crippen molar-refractivity contribution in [1.29, 1.82) is 0 Å². The molecule has 0 saturated carbocycles. The predicted octanol–water partition coefficient (Wildman–Crippen LogP) is 3.82. The first-order valence-corrected chi connectivity index (χ1v) is 7.09. The maximum atomic E-state index is 14.1. The quantitative estimate of drug-likeness (QED) is 0.921. The van der Waals surface area contributed by atoms with Crippen molar-refractivity contribution < 1.29 is 9.13 Å². The highest BCUT2D eigenvalue weighted by Gasteiger charge is 2.16. The van der Waals surface area contributed by atoms with Crippen LogP contribution in [0.25, 0.3) is 0 Å². The van der Waals surface area contributed by atoms with Crippen LogP contribution in [0.1, 0.15) is 31.0 Å². The molecule has 2 N–H and O–H groups in total. The Morgan fingerprint density at radius 3 is 2.75 bits per heavy atom. The first-order chi connectivity index (χ1) is 9.49. The highest BCUT2D eigenvalue weighted by molar-refractivity contribution is 9.10. The Balaban J connectivity index is 2.33. The topological polar surface area (TPSA) is 48.1 Å². The second kappa shape index (κ2) is 6.33. The fourth-order valence-electron chi connectivity index (χ4n) is 1.88. The minimum absolute atomic E-state index is 0.0471. The van der Waals surface area contributed by atoms with Gasteiger partial charge in [-0.1, -0.05) is 12.1 Å². The number of ether oxygens (including phenoxy) is 1. The smallest absolute Gasteiger partial charge is 0.142 e. The van der Waals surface area contributed by atoms with E-state index in [-0.39, 0.29) is 11.9 Å². The molecular formula is C15H16BrFN2O. The second-order valence-corrected chi connectivity index (χ2v) is 5.60. The Morgan fingerprint density at radius 1 is 1.30 bits per heavy atom. The van der Waals surface area contributed by atoms with E-state index >= 15 is 0 Å². The van der Waals surface area contributed by atoms with Crippen molar-refractivity contribution in [2.24, 2.45) is 5.73 Å². The molecule has 1 unspecified atom stereocenters. The number of hydrogen-bond donors (Lipinski definition) is 1. The number of benzene rings is 1. The normalized spacial score (nSPS) is 12.5. The molecule has 1 atom stereocenters. The Kier molecular flexibility index (Phi) is 4.73. The Bertz CT molecular complexity index is 604. The zero-order chi connectivity index (χ0) is 14.7. The minimum Gasteiger partial charge on any atom is -0.489 e. The Morgan fingerprint density at radius 2 is 2.05 bits per heavy atom. The zero-order valence-corrected chi connectivity index (χ0v) is 12.9. The average Bonchev–Trinajstić information content (AvgIpc) is 2.41. The number of pyridine rings is 1. The number of aromatic nitrogens is 1. The van der Waals surface area contributed by atoms with Crippen LogP contribution in [0.5, 0.6) is 5.75 Å². The summed E-state index contributed by atoms with van der Waals surface area (Å²) in [5.41, 5.74) is 7.26. The lowest BCUT2D eigenvalue weighted by Crippen LogP contribution is -2.15. The van der Waals surface area contributed by atoms with Crippen LogP contribution >= 0.6 is 15.9 Å². The average molecular weight is 339 g/mol. The van der Waals surface area contributed by atoms with Crippen LogP contribution in [0.3, 0.4) is 0 Å². The van der Waals surface area contributed by atoms with Gasteiger partial charge in [-0.15, -0.1) is 0 Å². The van der Waals surface area contributed by atoms with E-state index in [0.29, 0.717) is 21.3 Å². The van der Waals surface area contributed by atoms with Crippen molar-refractivity contribution in [3.63, 3.8) is 0 Å². The van der Waals surface area contributed by atoms with Crippen LogP contribution < -0.4 is 10.5 Å². The molecule has 20 heavy (non-hydrogen) atoms. The molecule has 1 heterocycles. The van der Waals surface area contributed by atoms with E-state index in [1.165, 1.54) is 0 Å². The summed E-state index contributed by atoms with van der Waals surface area (Å²) >= 11 is 3.16. The molecule has 5 heteroatoms. The standard InChI is InChI=1S/C15H16BrFN2O/c1-9(2)20-11-6-10(7-19-8-11)15(18)12-4-3-5-13(16)14(12)17/h3-9,15H,18H2,1-2H3. The van der Waals surface area contributed by atoms with Gasteiger partial charge in [-0.05, 0) is 47.5 Å². The summed E-state index contributed by atoms with van der Waals surface area (Å²) < 4.78 is 20.0. The van der Waals surface area contributed by atoms with Crippen LogP contribution in [0.15, 0.2) is 41.1 Å². The molecule has 2 aromatic rings. The third-order valence-electron chi connectivity index (χ3n) is 2.78. The summed E-state index contributed by atoms with van der Waals surface area (Å²) in [4.78, 5) is 4.10. The fourth-order valence-corrected chi connectivity index (χ4v) is 2.26. The molecule has 0 bridgehead atoms. The van der Waals surface area contributed by atoms with E-state index in [2.05, 4.69) is 20.9 Å². The van der Waals surface area contributed by atoms with Crippen molar-refractivity contribution >= 4 is 15.9 Å². The molecular weight excluding hydrogens is 323 g/mol. The summed E-state index contributed by atoms with van der Waals surface area (Å²) in [7, 11) is 0. The summed E-state index contributed by atoms with van der Waals surface area (Å²) in [6, 6.07) is 6.26. The van der Waals surface area contributed by atoms with E-state index in [1.54, 1.807) is 36.7 Å². The van der Waals surface area contributed by atoms with Crippen molar-refractivity contribution in [2.75, 3.05) is 0 Å². The van der Waals surface area contributed by atoms with Crippen molar-refractivity contribution in [2.45, 2.75) is 26.0 Å². The van der Waals surface area contributed by atoms with E-state index < -0.39 is 6.04 Å². The first-order valence-electron chi connectivity index (χ1n) is 6.30. The van der Waals surface area contributed by atoms with Gasteiger partial charge in [-0.2, -0.15) is 0 Å². The van der Waals surface area contributed by atoms with Gasteiger partial charge in [0.1, 0.15) is 11.6 Å². The summed E-state index contributed by atoms with van der Waals surface area (Å²) in [6.07, 6.45) is 3.29. The number of nitrogens with zero attached hydrogens (tertiary/aromatic N) is 1. The van der Waals surface area contributed by atoms with E-state index in [4.69, 9.17) is 10.5 Å². The lowest BCUT2D eigenvalue weighted by molar-refractivity contribution is 0.241. The second-order valence-electron chi connectivity index (χ2n) is 4.74. The van der Waals surface area contributed by atoms with E-state index in [0.717, 1.165) is 0 Å². The zero-order valence-electron chi connectivity index (χ0n) is 11.3. The number of halogens is 2. The van der Waals surface area contributed by atoms with Crippen molar-refractivity contribution in [3.05, 3.63) is 58.1 Å². The molecule has 0 spiro atoms. The maximum absolute atomic E-state index is 14.1. The van der Waals surface area contributed by atoms with Crippen molar-refractivity contribution in [1.82, 2.24) is 4.98 Å². The van der Waals surface area contributed by atoms with Gasteiger partial charge in [-0.25, -0.2) is 4.39 Å². The van der Waals surface area contributed by atoms with Crippen LogP contribution in [-0.2, 0) is 0 Å². The molecule has 0 aliphatic carbocycles. The Hall–Kier alpha value is -1.46. The lowest BCUT2D eigenvalue weighted by atomic mass is 10.0. The third-order valence-corrected chi connectivity index (χ3v) is 3.39. The van der Waals surface area contributed by atoms with Gasteiger partial charge in [-0.3, -0.25) is 4.98 Å². The first kappa shape index (κ1) is 14.9. The van der Waals surface area contributed by atoms with Crippen molar-refractivity contribution in [3.8, 4) is 5.75 Å². The molecule has 106 valence electrons. The third kappa shape index (κ3) is 3.35. The van der Waals surface area contributed by atoms with Gasteiger partial charge in [0, 0.05) is 11.8 Å². The van der Waals surface area contributed by atoms with Gasteiger partial charge in [0.15, 0.2) is 0 Å². The maximum Gasteiger partial charge on any atom is 0.142 e.